The fourth-order valence-corrected chi connectivity index (χ4v) is 8.24. The lowest BCUT2D eigenvalue weighted by molar-refractivity contribution is -0.211. The summed E-state index contributed by atoms with van der Waals surface area (Å²) in [4.78, 5) is 40.8. The number of aromatic hydroxyl groups is 1. The van der Waals surface area contributed by atoms with Crippen molar-refractivity contribution in [3.05, 3.63) is 51.5 Å². The third-order valence-corrected chi connectivity index (χ3v) is 10.7. The van der Waals surface area contributed by atoms with Crippen LogP contribution in [0.5, 0.6) is 5.75 Å². The van der Waals surface area contributed by atoms with E-state index in [9.17, 15) is 39.9 Å². The number of ketones is 3. The summed E-state index contributed by atoms with van der Waals surface area (Å²) in [5, 5.41) is 59.2. The summed E-state index contributed by atoms with van der Waals surface area (Å²) in [5.41, 5.74) is -6.83. The van der Waals surface area contributed by atoms with Crippen LogP contribution >= 0.6 is 0 Å². The maximum Gasteiger partial charge on any atom is 0.209 e. The van der Waals surface area contributed by atoms with Gasteiger partial charge in [-0.05, 0) is 36.2 Å². The third-order valence-electron chi connectivity index (χ3n) is 10.7. The maximum atomic E-state index is 14.4. The Bertz CT molecular complexity index is 1410. The molecule has 3 aliphatic rings. The summed E-state index contributed by atoms with van der Waals surface area (Å²) in [6, 6.07) is 3.57. The van der Waals surface area contributed by atoms with Gasteiger partial charge in [-0.2, -0.15) is 0 Å². The van der Waals surface area contributed by atoms with Crippen molar-refractivity contribution < 1.29 is 39.9 Å². The molecule has 0 radical (unpaired) electrons. The van der Waals surface area contributed by atoms with E-state index in [1.54, 1.807) is 39.8 Å². The lowest BCUT2D eigenvalue weighted by Crippen LogP contribution is -2.73. The molecule has 1 aromatic carbocycles. The lowest BCUT2D eigenvalue weighted by atomic mass is 9.41. The zero-order valence-corrected chi connectivity index (χ0v) is 25.5. The number of phenols is 1. The Morgan fingerprint density at radius 3 is 2.20 bits per heavy atom. The predicted octanol–water partition coefficient (Wildman–Crippen LogP) is 5.35. The molecule has 0 heterocycles. The normalized spacial score (nSPS) is 33.6. The molecule has 0 spiro atoms. The van der Waals surface area contributed by atoms with Crippen molar-refractivity contribution in [2.45, 2.75) is 105 Å². The topological polar surface area (TPSA) is 152 Å². The van der Waals surface area contributed by atoms with Gasteiger partial charge < -0.3 is 25.5 Å². The van der Waals surface area contributed by atoms with E-state index >= 15 is 0 Å². The molecule has 3 aliphatic carbocycles. The van der Waals surface area contributed by atoms with Gasteiger partial charge in [0.2, 0.25) is 5.78 Å². The van der Waals surface area contributed by atoms with Crippen LogP contribution in [0.15, 0.2) is 34.8 Å². The molecule has 1 aromatic rings. The van der Waals surface area contributed by atoms with Gasteiger partial charge in [0, 0.05) is 22.3 Å². The van der Waals surface area contributed by atoms with Gasteiger partial charge in [-0.1, -0.05) is 80.4 Å². The quantitative estimate of drug-likeness (QED) is 0.288. The minimum absolute atomic E-state index is 0.0353. The van der Waals surface area contributed by atoms with Crippen LogP contribution < -0.4 is 0 Å². The number of hydrogen-bond acceptors (Lipinski definition) is 8. The number of allylic oxidation sites excluding steroid dienone is 1. The Morgan fingerprint density at radius 1 is 1.10 bits per heavy atom. The Kier molecular flexibility index (Phi) is 7.20. The molecular weight excluding hydrogens is 524 g/mol. The van der Waals surface area contributed by atoms with Gasteiger partial charge in [-0.25, -0.2) is 0 Å². The standard InChI is InChI=1S/C33H44O8/c1-10-11-14-30(6,7)19-13-12-18-16(4)31(8)23(26(37)21(18)24(19)35)28(39)33(41)27(38)20(17(5)34)25(36)22(15(2)3)32(33,9)29(31)40/h12-13,15-16,22,29,35-36,39-41H,10-11,14H2,1-9H3/t16-,22?,29-,31+,32+,33+/m1/s1. The van der Waals surface area contributed by atoms with Crippen LogP contribution in [0.2, 0.25) is 0 Å². The van der Waals surface area contributed by atoms with Crippen LogP contribution in [0.3, 0.4) is 0 Å². The summed E-state index contributed by atoms with van der Waals surface area (Å²) in [5.74, 6) is -6.85. The number of hydrogen-bond donors (Lipinski definition) is 5. The molecule has 8 heteroatoms. The molecule has 1 unspecified atom stereocenters. The van der Waals surface area contributed by atoms with Gasteiger partial charge in [0.25, 0.3) is 0 Å². The van der Waals surface area contributed by atoms with E-state index in [2.05, 4.69) is 6.92 Å². The number of Topliss-reactive ketones (excluding diaryl/α,β-unsaturated/α-hetero) is 3. The van der Waals surface area contributed by atoms with Crippen molar-refractivity contribution in [3.8, 4) is 5.75 Å². The largest absolute Gasteiger partial charge is 0.511 e. The fourth-order valence-electron chi connectivity index (χ4n) is 8.24. The number of benzene rings is 1. The molecule has 0 aliphatic heterocycles. The van der Waals surface area contributed by atoms with Crippen LogP contribution in [0.4, 0.5) is 0 Å². The third kappa shape index (κ3) is 3.62. The number of phenolic OH excluding ortho intramolecular Hbond substituents is 1. The summed E-state index contributed by atoms with van der Waals surface area (Å²) in [6.45, 7) is 15.3. The highest BCUT2D eigenvalue weighted by atomic mass is 16.4. The lowest BCUT2D eigenvalue weighted by Gasteiger charge is -2.63. The second kappa shape index (κ2) is 9.53. The Labute approximate surface area is 241 Å². The Balaban J connectivity index is 2.09. The Morgan fingerprint density at radius 2 is 1.68 bits per heavy atom. The van der Waals surface area contributed by atoms with Crippen LogP contribution in [0.1, 0.15) is 109 Å². The molecule has 4 rings (SSSR count). The van der Waals surface area contributed by atoms with Gasteiger partial charge >= 0.3 is 0 Å². The summed E-state index contributed by atoms with van der Waals surface area (Å²) < 4.78 is 0. The van der Waals surface area contributed by atoms with E-state index in [1.165, 1.54) is 6.92 Å². The monoisotopic (exact) mass is 568 g/mol. The van der Waals surface area contributed by atoms with Crippen LogP contribution in [-0.4, -0.2) is 54.6 Å². The highest BCUT2D eigenvalue weighted by molar-refractivity contribution is 6.25. The van der Waals surface area contributed by atoms with Crippen molar-refractivity contribution in [3.63, 3.8) is 0 Å². The van der Waals surface area contributed by atoms with Gasteiger partial charge in [0.05, 0.1) is 17.2 Å². The first kappa shape index (κ1) is 31.0. The highest BCUT2D eigenvalue weighted by Crippen LogP contribution is 2.67. The van der Waals surface area contributed by atoms with Crippen molar-refractivity contribution in [2.24, 2.45) is 22.7 Å². The summed E-state index contributed by atoms with van der Waals surface area (Å²) >= 11 is 0. The molecule has 41 heavy (non-hydrogen) atoms. The molecule has 0 fully saturated rings. The molecule has 0 aromatic heterocycles. The molecule has 0 saturated heterocycles. The summed E-state index contributed by atoms with van der Waals surface area (Å²) in [6.07, 6.45) is 0.995. The average Bonchev–Trinajstić information content (AvgIpc) is 2.87. The number of unbranched alkanes of at least 4 members (excludes halogenated alkanes) is 1. The smallest absolute Gasteiger partial charge is 0.209 e. The molecule has 6 atom stereocenters. The first-order valence-corrected chi connectivity index (χ1v) is 14.5. The molecule has 0 saturated carbocycles. The molecular formula is C33H44O8. The average molecular weight is 569 g/mol. The minimum Gasteiger partial charge on any atom is -0.511 e. The summed E-state index contributed by atoms with van der Waals surface area (Å²) in [7, 11) is 0. The minimum atomic E-state index is -2.88. The molecule has 8 nitrogen and oxygen atoms in total. The van der Waals surface area contributed by atoms with E-state index in [-0.39, 0.29) is 16.9 Å². The van der Waals surface area contributed by atoms with Crippen molar-refractivity contribution in [2.75, 3.05) is 0 Å². The number of rotatable bonds is 6. The molecule has 224 valence electrons. The number of carbonyl (C=O) groups is 3. The van der Waals surface area contributed by atoms with E-state index in [0.29, 0.717) is 11.1 Å². The zero-order chi connectivity index (χ0) is 31.2. The van der Waals surface area contributed by atoms with E-state index < -0.39 is 80.1 Å². The predicted molar refractivity (Wildman–Crippen MR) is 154 cm³/mol. The van der Waals surface area contributed by atoms with E-state index in [0.717, 1.165) is 26.2 Å². The van der Waals surface area contributed by atoms with Crippen LogP contribution in [0, 0.1) is 22.7 Å². The Hall–Kier alpha value is -2.97. The molecule has 0 bridgehead atoms. The maximum absolute atomic E-state index is 14.4. The second-order valence-corrected chi connectivity index (χ2v) is 13.7. The number of aliphatic hydroxyl groups excluding tert-OH is 3. The van der Waals surface area contributed by atoms with Crippen LogP contribution in [0.25, 0.3) is 0 Å². The first-order valence-electron chi connectivity index (χ1n) is 14.5. The number of carbonyl (C=O) groups excluding carboxylic acids is 3. The first-order chi connectivity index (χ1) is 18.8. The van der Waals surface area contributed by atoms with Gasteiger partial charge in [0.15, 0.2) is 17.2 Å². The van der Waals surface area contributed by atoms with Crippen molar-refractivity contribution in [1.82, 2.24) is 0 Å². The van der Waals surface area contributed by atoms with Gasteiger partial charge in [-0.3, -0.25) is 14.4 Å². The molecule has 0 amide bonds. The van der Waals surface area contributed by atoms with Gasteiger partial charge in [-0.15, -0.1) is 0 Å². The fraction of sp³-hybridized carbons (Fsp3) is 0.606. The second-order valence-electron chi connectivity index (χ2n) is 13.7. The number of aliphatic hydroxyl groups is 4. The van der Waals surface area contributed by atoms with Crippen LogP contribution in [-0.2, 0) is 15.0 Å². The SMILES string of the molecule is CCCCC(C)(C)c1ccc2c(c1O)C(=O)C1=C(O)[C@@]3(O)C(=O)C(C(C)=O)=C(O)C(C(C)C)[C@@]3(C)[C@H](O)[C@@]1(C)[C@@H]2C. The van der Waals surface area contributed by atoms with Crippen molar-refractivity contribution in [1.29, 1.82) is 0 Å². The molecule has 5 N–H and O–H groups in total. The highest BCUT2D eigenvalue weighted by Gasteiger charge is 2.76. The van der Waals surface area contributed by atoms with Crippen molar-refractivity contribution >= 4 is 17.3 Å². The van der Waals surface area contributed by atoms with E-state index in [1.807, 2.05) is 13.8 Å². The van der Waals surface area contributed by atoms with E-state index in [4.69, 9.17) is 0 Å². The van der Waals surface area contributed by atoms with Gasteiger partial charge in [0.1, 0.15) is 22.8 Å². The zero-order valence-electron chi connectivity index (χ0n) is 25.5. The number of fused-ring (bicyclic) bond motifs is 3.